The number of aromatic nitrogens is 1. The van der Waals surface area contributed by atoms with Crippen molar-refractivity contribution >= 4 is 23.3 Å². The van der Waals surface area contributed by atoms with Gasteiger partial charge in [-0.2, -0.15) is 0 Å². The summed E-state index contributed by atoms with van der Waals surface area (Å²) in [5.74, 6) is -0.868. The van der Waals surface area contributed by atoms with E-state index in [0.717, 1.165) is 5.01 Å². The summed E-state index contributed by atoms with van der Waals surface area (Å²) < 4.78 is 0. The van der Waals surface area contributed by atoms with Crippen LogP contribution in [0.5, 0.6) is 0 Å². The van der Waals surface area contributed by atoms with E-state index >= 15 is 0 Å². The number of carboxylic acid groups (broad SMARTS) is 1. The molecule has 0 saturated heterocycles. The molecular weight excluding hydrogens is 254 g/mol. The van der Waals surface area contributed by atoms with Gasteiger partial charge in [0.1, 0.15) is 5.01 Å². The first kappa shape index (κ1) is 14.4. The van der Waals surface area contributed by atoms with Crippen LogP contribution in [0.15, 0.2) is 11.6 Å². The summed E-state index contributed by atoms with van der Waals surface area (Å²) >= 11 is 1.47. The van der Waals surface area contributed by atoms with Crippen LogP contribution in [0.1, 0.15) is 31.7 Å². The molecule has 0 aliphatic rings. The van der Waals surface area contributed by atoms with Crippen LogP contribution < -0.4 is 10.6 Å². The van der Waals surface area contributed by atoms with Crippen molar-refractivity contribution in [3.8, 4) is 0 Å². The van der Waals surface area contributed by atoms with Gasteiger partial charge in [0.25, 0.3) is 0 Å². The molecule has 2 amide bonds. The van der Waals surface area contributed by atoms with E-state index < -0.39 is 11.5 Å². The zero-order chi connectivity index (χ0) is 13.6. The van der Waals surface area contributed by atoms with Crippen molar-refractivity contribution in [2.24, 2.45) is 0 Å². The van der Waals surface area contributed by atoms with Crippen LogP contribution in [0.4, 0.5) is 4.79 Å². The summed E-state index contributed by atoms with van der Waals surface area (Å²) in [4.78, 5) is 26.1. The van der Waals surface area contributed by atoms with Crippen molar-refractivity contribution in [1.29, 1.82) is 0 Å². The van der Waals surface area contributed by atoms with Crippen molar-refractivity contribution in [3.05, 3.63) is 16.6 Å². The second kappa shape index (κ2) is 6.34. The van der Waals surface area contributed by atoms with Crippen molar-refractivity contribution in [2.45, 2.75) is 38.8 Å². The van der Waals surface area contributed by atoms with E-state index in [1.54, 1.807) is 20.0 Å². The number of carbonyl (C=O) groups excluding carboxylic acids is 1. The van der Waals surface area contributed by atoms with Gasteiger partial charge in [-0.1, -0.05) is 0 Å². The molecule has 0 fully saturated rings. The summed E-state index contributed by atoms with van der Waals surface area (Å²) in [6.07, 6.45) is 2.09. The molecule has 6 nitrogen and oxygen atoms in total. The first-order valence-corrected chi connectivity index (χ1v) is 6.43. The zero-order valence-electron chi connectivity index (χ0n) is 10.4. The number of nitrogens with one attached hydrogen (secondary N) is 2. The van der Waals surface area contributed by atoms with Crippen LogP contribution in [0.3, 0.4) is 0 Å². The number of hydrogen-bond acceptors (Lipinski definition) is 4. The van der Waals surface area contributed by atoms with E-state index in [9.17, 15) is 9.59 Å². The van der Waals surface area contributed by atoms with Crippen LogP contribution in [-0.2, 0) is 11.3 Å². The first-order chi connectivity index (χ1) is 8.39. The number of nitrogens with zero attached hydrogens (tertiary/aromatic N) is 1. The zero-order valence-corrected chi connectivity index (χ0v) is 11.2. The van der Waals surface area contributed by atoms with Gasteiger partial charge < -0.3 is 15.7 Å². The van der Waals surface area contributed by atoms with Crippen LogP contribution in [0.25, 0.3) is 0 Å². The van der Waals surface area contributed by atoms with E-state index in [2.05, 4.69) is 15.6 Å². The standard InChI is InChI=1S/C11H17N3O3S/c1-11(2,4-3-9(15)16)14-10(17)13-7-8-12-5-6-18-8/h5-6H,3-4,7H2,1-2H3,(H,15,16)(H2,13,14,17). The maximum absolute atomic E-state index is 11.6. The van der Waals surface area contributed by atoms with Gasteiger partial charge in [0.05, 0.1) is 6.54 Å². The summed E-state index contributed by atoms with van der Waals surface area (Å²) in [5, 5.41) is 16.7. The highest BCUT2D eigenvalue weighted by atomic mass is 32.1. The van der Waals surface area contributed by atoms with Crippen molar-refractivity contribution in [2.75, 3.05) is 0 Å². The minimum atomic E-state index is -0.868. The molecule has 1 rings (SSSR count). The fourth-order valence-corrected chi connectivity index (χ4v) is 1.89. The Kier molecular flexibility index (Phi) is 5.08. The van der Waals surface area contributed by atoms with Crippen LogP contribution >= 0.6 is 11.3 Å². The number of aliphatic carboxylic acids is 1. The Labute approximate surface area is 109 Å². The predicted molar refractivity (Wildman–Crippen MR) is 68.4 cm³/mol. The molecule has 1 heterocycles. The lowest BCUT2D eigenvalue weighted by Crippen LogP contribution is -2.48. The molecule has 0 aliphatic heterocycles. The average Bonchev–Trinajstić information content (AvgIpc) is 2.76. The molecule has 0 atom stereocenters. The van der Waals surface area contributed by atoms with E-state index in [1.165, 1.54) is 11.3 Å². The maximum Gasteiger partial charge on any atom is 0.315 e. The van der Waals surface area contributed by atoms with E-state index in [4.69, 9.17) is 5.11 Å². The fraction of sp³-hybridized carbons (Fsp3) is 0.545. The third-order valence-electron chi connectivity index (χ3n) is 2.30. The topological polar surface area (TPSA) is 91.3 Å². The lowest BCUT2D eigenvalue weighted by molar-refractivity contribution is -0.137. The third kappa shape index (κ3) is 5.62. The number of thiazole rings is 1. The van der Waals surface area contributed by atoms with Crippen molar-refractivity contribution < 1.29 is 14.7 Å². The summed E-state index contributed by atoms with van der Waals surface area (Å²) in [7, 11) is 0. The van der Waals surface area contributed by atoms with Gasteiger partial charge in [0.2, 0.25) is 0 Å². The highest BCUT2D eigenvalue weighted by Gasteiger charge is 2.21. The average molecular weight is 271 g/mol. The Morgan fingerprint density at radius 1 is 1.50 bits per heavy atom. The van der Waals surface area contributed by atoms with Crippen LogP contribution in [0.2, 0.25) is 0 Å². The van der Waals surface area contributed by atoms with Gasteiger partial charge in [-0.05, 0) is 20.3 Å². The van der Waals surface area contributed by atoms with Crippen LogP contribution in [0, 0.1) is 0 Å². The Hall–Kier alpha value is -1.63. The van der Waals surface area contributed by atoms with Crippen LogP contribution in [-0.4, -0.2) is 27.6 Å². The van der Waals surface area contributed by atoms with Gasteiger partial charge in [-0.15, -0.1) is 11.3 Å². The maximum atomic E-state index is 11.6. The SMILES string of the molecule is CC(C)(CCC(=O)O)NC(=O)NCc1nccs1. The molecule has 100 valence electrons. The minimum absolute atomic E-state index is 0.0275. The molecular formula is C11H17N3O3S. The molecule has 0 unspecified atom stereocenters. The molecule has 0 aromatic carbocycles. The molecule has 0 bridgehead atoms. The lowest BCUT2D eigenvalue weighted by Gasteiger charge is -2.25. The van der Waals surface area contributed by atoms with Crippen molar-refractivity contribution in [1.82, 2.24) is 15.6 Å². The second-order valence-electron chi connectivity index (χ2n) is 4.51. The lowest BCUT2D eigenvalue weighted by atomic mass is 9.99. The van der Waals surface area contributed by atoms with Gasteiger partial charge in [0.15, 0.2) is 0 Å². The Morgan fingerprint density at radius 2 is 2.22 bits per heavy atom. The number of rotatable bonds is 6. The molecule has 1 aromatic rings. The number of hydrogen-bond donors (Lipinski definition) is 3. The summed E-state index contributed by atoms with van der Waals surface area (Å²) in [5.41, 5.74) is -0.550. The van der Waals surface area contributed by atoms with Gasteiger partial charge in [-0.25, -0.2) is 9.78 Å². The highest BCUT2D eigenvalue weighted by molar-refractivity contribution is 7.09. The monoisotopic (exact) mass is 271 g/mol. The molecule has 7 heteroatoms. The van der Waals surface area contributed by atoms with E-state index in [-0.39, 0.29) is 12.5 Å². The van der Waals surface area contributed by atoms with Crippen molar-refractivity contribution in [3.63, 3.8) is 0 Å². The minimum Gasteiger partial charge on any atom is -0.481 e. The number of carbonyl (C=O) groups is 2. The Bertz CT molecular complexity index is 404. The van der Waals surface area contributed by atoms with E-state index in [0.29, 0.717) is 13.0 Å². The first-order valence-electron chi connectivity index (χ1n) is 5.55. The van der Waals surface area contributed by atoms with Gasteiger partial charge in [0, 0.05) is 23.5 Å². The molecule has 18 heavy (non-hydrogen) atoms. The number of carboxylic acids is 1. The molecule has 3 N–H and O–H groups in total. The van der Waals surface area contributed by atoms with Gasteiger partial charge >= 0.3 is 12.0 Å². The molecule has 0 radical (unpaired) electrons. The highest BCUT2D eigenvalue weighted by Crippen LogP contribution is 2.11. The summed E-state index contributed by atoms with van der Waals surface area (Å²) in [6.45, 7) is 3.95. The normalized spacial score (nSPS) is 11.0. The van der Waals surface area contributed by atoms with E-state index in [1.807, 2.05) is 5.38 Å². The molecule has 0 spiro atoms. The summed E-state index contributed by atoms with van der Waals surface area (Å²) in [6, 6.07) is -0.319. The number of urea groups is 1. The third-order valence-corrected chi connectivity index (χ3v) is 3.08. The quantitative estimate of drug-likeness (QED) is 0.732. The molecule has 0 saturated carbocycles. The predicted octanol–water partition coefficient (Wildman–Crippen LogP) is 1.59. The molecule has 1 aromatic heterocycles. The van der Waals surface area contributed by atoms with Gasteiger partial charge in [-0.3, -0.25) is 4.79 Å². The number of amides is 2. The molecule has 0 aliphatic carbocycles. The second-order valence-corrected chi connectivity index (χ2v) is 5.49. The smallest absolute Gasteiger partial charge is 0.315 e. The fourth-order valence-electron chi connectivity index (χ4n) is 1.33. The Balaban J connectivity index is 2.31. The largest absolute Gasteiger partial charge is 0.481 e. The Morgan fingerprint density at radius 3 is 2.78 bits per heavy atom.